The number of para-hydroxylation sites is 1. The first kappa shape index (κ1) is 15.8. The summed E-state index contributed by atoms with van der Waals surface area (Å²) < 4.78 is 5.38. The Bertz CT molecular complexity index is 492. The van der Waals surface area contributed by atoms with Crippen LogP contribution in [0.1, 0.15) is 31.7 Å². The van der Waals surface area contributed by atoms with Crippen molar-refractivity contribution in [3.05, 3.63) is 29.8 Å². The third-order valence-corrected chi connectivity index (χ3v) is 4.84. The quantitative estimate of drug-likeness (QED) is 0.874. The molecule has 1 saturated carbocycles. The van der Waals surface area contributed by atoms with Gasteiger partial charge >= 0.3 is 0 Å². The number of benzene rings is 1. The zero-order valence-corrected chi connectivity index (χ0v) is 13.3. The maximum atomic E-state index is 12.7. The van der Waals surface area contributed by atoms with Crippen LogP contribution in [0.4, 0.5) is 0 Å². The van der Waals surface area contributed by atoms with Crippen LogP contribution in [-0.4, -0.2) is 37.6 Å². The Morgan fingerprint density at radius 3 is 2.62 bits per heavy atom. The molecule has 1 aromatic carbocycles. The molecule has 0 radical (unpaired) electrons. The molecular weight excluding hydrogens is 264 g/mol. The van der Waals surface area contributed by atoms with Crippen LogP contribution in [0.3, 0.4) is 0 Å². The van der Waals surface area contributed by atoms with E-state index in [4.69, 9.17) is 10.5 Å². The molecule has 2 rings (SSSR count). The average Bonchev–Trinajstić information content (AvgIpc) is 2.46. The largest absolute Gasteiger partial charge is 0.496 e. The fourth-order valence-electron chi connectivity index (χ4n) is 3.01. The maximum absolute atomic E-state index is 12.7. The van der Waals surface area contributed by atoms with Gasteiger partial charge in [-0.25, -0.2) is 0 Å². The normalized spacial score (nSPS) is 17.7. The zero-order chi connectivity index (χ0) is 15.5. The van der Waals surface area contributed by atoms with Gasteiger partial charge in [0, 0.05) is 19.6 Å². The highest BCUT2D eigenvalue weighted by molar-refractivity contribution is 5.84. The number of carbonyl (C=O) groups is 1. The first-order valence-electron chi connectivity index (χ1n) is 7.63. The summed E-state index contributed by atoms with van der Waals surface area (Å²) in [4.78, 5) is 14.5. The second-order valence-corrected chi connectivity index (χ2v) is 6.12. The van der Waals surface area contributed by atoms with Gasteiger partial charge in [0.05, 0.1) is 12.5 Å². The number of hydrogen-bond donors (Lipinski definition) is 1. The van der Waals surface area contributed by atoms with Crippen molar-refractivity contribution in [3.63, 3.8) is 0 Å². The van der Waals surface area contributed by atoms with E-state index in [9.17, 15) is 4.79 Å². The van der Waals surface area contributed by atoms with Crippen molar-refractivity contribution in [1.82, 2.24) is 4.90 Å². The van der Waals surface area contributed by atoms with E-state index in [0.717, 1.165) is 37.0 Å². The van der Waals surface area contributed by atoms with Crippen LogP contribution in [-0.2, 0) is 11.2 Å². The molecule has 1 amide bonds. The maximum Gasteiger partial charge on any atom is 0.230 e. The highest BCUT2D eigenvalue weighted by Crippen LogP contribution is 2.41. The molecule has 1 fully saturated rings. The lowest BCUT2D eigenvalue weighted by atomic mass is 9.67. The number of methoxy groups -OCH3 is 1. The van der Waals surface area contributed by atoms with Crippen LogP contribution in [0, 0.1) is 5.41 Å². The predicted octanol–water partition coefficient (Wildman–Crippen LogP) is 2.21. The first-order chi connectivity index (χ1) is 10.0. The fraction of sp³-hybridized carbons (Fsp3) is 0.588. The number of carbonyl (C=O) groups excluding carboxylic acids is 1. The molecule has 1 unspecified atom stereocenters. The third-order valence-electron chi connectivity index (χ3n) is 4.84. The number of hydrogen-bond acceptors (Lipinski definition) is 3. The number of nitrogens with zero attached hydrogens (tertiary/aromatic N) is 1. The van der Waals surface area contributed by atoms with Gasteiger partial charge in [0.1, 0.15) is 5.75 Å². The fourth-order valence-corrected chi connectivity index (χ4v) is 3.01. The molecular formula is C17H26N2O2. The van der Waals surface area contributed by atoms with Gasteiger partial charge in [-0.15, -0.1) is 0 Å². The summed E-state index contributed by atoms with van der Waals surface area (Å²) in [6.45, 7) is 2.53. The molecule has 4 nitrogen and oxygen atoms in total. The monoisotopic (exact) mass is 290 g/mol. The molecule has 0 saturated heterocycles. The van der Waals surface area contributed by atoms with Gasteiger partial charge in [-0.05, 0) is 37.8 Å². The lowest BCUT2D eigenvalue weighted by Crippen LogP contribution is -2.53. The Balaban J connectivity index is 2.05. The number of amides is 1. The van der Waals surface area contributed by atoms with E-state index in [-0.39, 0.29) is 17.4 Å². The van der Waals surface area contributed by atoms with Gasteiger partial charge in [-0.3, -0.25) is 4.79 Å². The lowest BCUT2D eigenvalue weighted by Gasteiger charge is -2.43. The molecule has 0 aromatic heterocycles. The molecule has 21 heavy (non-hydrogen) atoms. The van der Waals surface area contributed by atoms with Crippen LogP contribution >= 0.6 is 0 Å². The molecule has 0 bridgehead atoms. The van der Waals surface area contributed by atoms with Crippen molar-refractivity contribution in [2.24, 2.45) is 11.1 Å². The molecule has 116 valence electrons. The van der Waals surface area contributed by atoms with Gasteiger partial charge in [0.25, 0.3) is 0 Å². The van der Waals surface area contributed by atoms with Crippen molar-refractivity contribution in [2.75, 3.05) is 20.7 Å². The minimum atomic E-state index is -0.302. The van der Waals surface area contributed by atoms with Crippen molar-refractivity contribution in [2.45, 2.75) is 38.6 Å². The van der Waals surface area contributed by atoms with Gasteiger partial charge in [-0.2, -0.15) is 0 Å². The van der Waals surface area contributed by atoms with E-state index < -0.39 is 0 Å². The van der Waals surface area contributed by atoms with Crippen molar-refractivity contribution < 1.29 is 9.53 Å². The Hall–Kier alpha value is -1.55. The zero-order valence-electron chi connectivity index (χ0n) is 13.3. The number of nitrogens with two attached hydrogens (primary N) is 1. The van der Waals surface area contributed by atoms with Crippen molar-refractivity contribution >= 4 is 5.91 Å². The highest BCUT2D eigenvalue weighted by Gasteiger charge is 2.45. The summed E-state index contributed by atoms with van der Waals surface area (Å²) in [7, 11) is 3.56. The molecule has 4 heteroatoms. The molecule has 1 atom stereocenters. The second-order valence-electron chi connectivity index (χ2n) is 6.12. The molecule has 1 aromatic rings. The van der Waals surface area contributed by atoms with Gasteiger partial charge in [0.15, 0.2) is 0 Å². The first-order valence-corrected chi connectivity index (χ1v) is 7.63. The van der Waals surface area contributed by atoms with Crippen LogP contribution in [0.25, 0.3) is 0 Å². The summed E-state index contributed by atoms with van der Waals surface area (Å²) in [6.07, 6.45) is 3.74. The lowest BCUT2D eigenvalue weighted by molar-refractivity contribution is -0.147. The number of ether oxygens (including phenoxy) is 1. The highest BCUT2D eigenvalue weighted by atomic mass is 16.5. The van der Waals surface area contributed by atoms with Crippen LogP contribution in [0.2, 0.25) is 0 Å². The smallest absolute Gasteiger partial charge is 0.230 e. The van der Waals surface area contributed by atoms with E-state index >= 15 is 0 Å². The average molecular weight is 290 g/mol. The third kappa shape index (κ3) is 3.05. The van der Waals surface area contributed by atoms with E-state index in [1.807, 2.05) is 30.1 Å². The Kier molecular flexibility index (Phi) is 4.88. The van der Waals surface area contributed by atoms with E-state index in [1.165, 1.54) is 0 Å². The van der Waals surface area contributed by atoms with Gasteiger partial charge in [-0.1, -0.05) is 24.6 Å². The molecule has 0 spiro atoms. The second kappa shape index (κ2) is 6.48. The molecule has 1 aliphatic carbocycles. The summed E-state index contributed by atoms with van der Waals surface area (Å²) in [6, 6.07) is 8.09. The summed E-state index contributed by atoms with van der Waals surface area (Å²) in [5.41, 5.74) is 6.66. The topological polar surface area (TPSA) is 55.6 Å². The summed E-state index contributed by atoms with van der Waals surface area (Å²) in [5, 5.41) is 0. The minimum Gasteiger partial charge on any atom is -0.496 e. The summed E-state index contributed by atoms with van der Waals surface area (Å²) in [5.74, 6) is 1.07. The van der Waals surface area contributed by atoms with Crippen LogP contribution in [0.15, 0.2) is 24.3 Å². The number of rotatable bonds is 6. The molecule has 2 N–H and O–H groups in total. The number of likely N-dealkylation sites (N-methyl/N-ethyl adjacent to an activating group) is 1. The minimum absolute atomic E-state index is 0.123. The van der Waals surface area contributed by atoms with E-state index in [0.29, 0.717) is 6.54 Å². The Morgan fingerprint density at radius 1 is 1.43 bits per heavy atom. The Labute approximate surface area is 127 Å². The van der Waals surface area contributed by atoms with Gasteiger partial charge < -0.3 is 15.4 Å². The van der Waals surface area contributed by atoms with Crippen molar-refractivity contribution in [1.29, 1.82) is 0 Å². The van der Waals surface area contributed by atoms with E-state index in [1.54, 1.807) is 7.11 Å². The predicted molar refractivity (Wildman–Crippen MR) is 84.3 cm³/mol. The molecule has 0 aliphatic heterocycles. The summed E-state index contributed by atoms with van der Waals surface area (Å²) >= 11 is 0. The molecule has 1 aliphatic rings. The van der Waals surface area contributed by atoms with Crippen LogP contribution in [0.5, 0.6) is 5.75 Å². The standard InChI is InChI=1S/C17H26N2O2/c1-13(11-14-7-4-5-8-15(14)21-3)19(2)16(20)17(12-18)9-6-10-17/h4-5,7-8,13H,6,9-12,18H2,1-3H3. The van der Waals surface area contributed by atoms with Crippen LogP contribution < -0.4 is 10.5 Å². The molecule has 0 heterocycles. The van der Waals surface area contributed by atoms with Gasteiger partial charge in [0.2, 0.25) is 5.91 Å². The SMILES string of the molecule is COc1ccccc1CC(C)N(C)C(=O)C1(CN)CCC1. The Morgan fingerprint density at radius 2 is 2.10 bits per heavy atom. The van der Waals surface area contributed by atoms with Crippen molar-refractivity contribution in [3.8, 4) is 5.75 Å². The van der Waals surface area contributed by atoms with E-state index in [2.05, 4.69) is 13.0 Å².